The van der Waals surface area contributed by atoms with Gasteiger partial charge in [0.05, 0.1) is 5.56 Å². The number of hydrogen-bond acceptors (Lipinski definition) is 0. The molecule has 0 amide bonds. The first-order chi connectivity index (χ1) is 18.7. The molecule has 0 fully saturated rings. The Kier molecular flexibility index (Phi) is 10.6. The summed E-state index contributed by atoms with van der Waals surface area (Å²) in [5, 5.41) is 1.52. The summed E-state index contributed by atoms with van der Waals surface area (Å²) < 4.78 is 15.3. The van der Waals surface area contributed by atoms with Gasteiger partial charge in [0.25, 0.3) is 0 Å². The first-order valence-corrected chi connectivity index (χ1v) is 14.6. The first-order valence-electron chi connectivity index (χ1n) is 14.6. The maximum atomic E-state index is 15.3. The molecule has 0 aromatic heterocycles. The van der Waals surface area contributed by atoms with E-state index in [1.165, 1.54) is 68.9 Å². The van der Waals surface area contributed by atoms with E-state index in [-0.39, 0.29) is 5.82 Å². The average molecular weight is 505 g/mol. The summed E-state index contributed by atoms with van der Waals surface area (Å²) in [5.74, 6) is 5.97. The molecule has 0 radical (unpaired) electrons. The van der Waals surface area contributed by atoms with Gasteiger partial charge < -0.3 is 0 Å². The number of fused-ring (bicyclic) bond motifs is 1. The molecule has 0 nitrogen and oxygen atoms in total. The molecule has 4 rings (SSSR count). The van der Waals surface area contributed by atoms with E-state index in [1.54, 1.807) is 6.07 Å². The van der Waals surface area contributed by atoms with E-state index in [0.29, 0.717) is 10.9 Å². The van der Waals surface area contributed by atoms with Gasteiger partial charge in [-0.05, 0) is 77.6 Å². The minimum absolute atomic E-state index is 0.243. The highest BCUT2D eigenvalue weighted by atomic mass is 19.1. The lowest BCUT2D eigenvalue weighted by molar-refractivity contribution is 0.632. The molecule has 0 N–H and O–H groups in total. The monoisotopic (exact) mass is 504 g/mol. The molecule has 0 bridgehead atoms. The van der Waals surface area contributed by atoms with Crippen LogP contribution in [0.3, 0.4) is 0 Å². The van der Waals surface area contributed by atoms with Crippen molar-refractivity contribution in [1.82, 2.24) is 0 Å². The lowest BCUT2D eigenvalue weighted by Crippen LogP contribution is -1.89. The Labute approximate surface area is 229 Å². The van der Waals surface area contributed by atoms with E-state index in [9.17, 15) is 0 Å². The van der Waals surface area contributed by atoms with E-state index in [1.807, 2.05) is 18.2 Å². The SMILES string of the molecule is CCCCCCCc1ccc(C#Cc2ccc3cc(-c4ccc(CCCCCC)cc4)ccc3c2F)cc1. The molecule has 0 aliphatic rings. The largest absolute Gasteiger partial charge is 0.205 e. The third-order valence-corrected chi connectivity index (χ3v) is 7.42. The summed E-state index contributed by atoms with van der Waals surface area (Å²) >= 11 is 0. The summed E-state index contributed by atoms with van der Waals surface area (Å²) in [7, 11) is 0. The molecule has 0 aliphatic heterocycles. The quantitative estimate of drug-likeness (QED) is 0.133. The zero-order chi connectivity index (χ0) is 26.6. The van der Waals surface area contributed by atoms with Crippen molar-refractivity contribution in [3.8, 4) is 23.0 Å². The number of aryl methyl sites for hydroxylation is 2. The van der Waals surface area contributed by atoms with Crippen LogP contribution in [0.5, 0.6) is 0 Å². The van der Waals surface area contributed by atoms with Gasteiger partial charge in [-0.1, -0.05) is 125 Å². The van der Waals surface area contributed by atoms with Crippen molar-refractivity contribution in [3.05, 3.63) is 107 Å². The van der Waals surface area contributed by atoms with Crippen molar-refractivity contribution in [2.24, 2.45) is 0 Å². The second-order valence-corrected chi connectivity index (χ2v) is 10.5. The van der Waals surface area contributed by atoms with Crippen molar-refractivity contribution in [3.63, 3.8) is 0 Å². The van der Waals surface area contributed by atoms with Crippen molar-refractivity contribution in [2.75, 3.05) is 0 Å². The van der Waals surface area contributed by atoms with E-state index in [2.05, 4.69) is 80.3 Å². The fourth-order valence-electron chi connectivity index (χ4n) is 5.01. The maximum absolute atomic E-state index is 15.3. The summed E-state index contributed by atoms with van der Waals surface area (Å²) in [6.45, 7) is 4.49. The predicted molar refractivity (Wildman–Crippen MR) is 162 cm³/mol. The summed E-state index contributed by atoms with van der Waals surface area (Å²) in [6.07, 6.45) is 13.8. The van der Waals surface area contributed by atoms with Gasteiger partial charge in [0.15, 0.2) is 0 Å². The maximum Gasteiger partial charge on any atom is 0.146 e. The molecule has 1 heteroatoms. The lowest BCUT2D eigenvalue weighted by atomic mass is 9.97. The van der Waals surface area contributed by atoms with Crippen LogP contribution < -0.4 is 0 Å². The minimum Gasteiger partial charge on any atom is -0.205 e. The van der Waals surface area contributed by atoms with Gasteiger partial charge >= 0.3 is 0 Å². The van der Waals surface area contributed by atoms with Gasteiger partial charge in [-0.2, -0.15) is 0 Å². The number of halogens is 1. The summed E-state index contributed by atoms with van der Waals surface area (Å²) in [6, 6.07) is 27.0. The fraction of sp³-hybridized carbons (Fsp3) is 0.351. The molecule has 4 aromatic carbocycles. The highest BCUT2D eigenvalue weighted by Crippen LogP contribution is 2.28. The zero-order valence-corrected chi connectivity index (χ0v) is 23.2. The van der Waals surface area contributed by atoms with Gasteiger partial charge in [-0.3, -0.25) is 0 Å². The van der Waals surface area contributed by atoms with Crippen LogP contribution in [0, 0.1) is 17.7 Å². The van der Waals surface area contributed by atoms with E-state index in [4.69, 9.17) is 0 Å². The Balaban J connectivity index is 1.41. The molecule has 0 saturated carbocycles. The van der Waals surface area contributed by atoms with Gasteiger partial charge in [0, 0.05) is 10.9 Å². The second-order valence-electron chi connectivity index (χ2n) is 10.5. The van der Waals surface area contributed by atoms with Gasteiger partial charge in [-0.25, -0.2) is 4.39 Å². The standard InChI is InChI=1S/C37H41F/c1-3-5-7-9-11-13-29-14-16-31(17-15-29)20-23-33-24-25-35-28-34(26-27-36(35)37(33)38)32-21-18-30(19-22-32)12-10-8-6-4-2/h14-19,21-22,24-28H,3-13H2,1-2H3. The molecule has 0 unspecified atom stereocenters. The third-order valence-electron chi connectivity index (χ3n) is 7.42. The molecule has 38 heavy (non-hydrogen) atoms. The Morgan fingerprint density at radius 3 is 1.79 bits per heavy atom. The highest BCUT2D eigenvalue weighted by molar-refractivity contribution is 5.89. The Bertz CT molecular complexity index is 1350. The Morgan fingerprint density at radius 2 is 1.13 bits per heavy atom. The van der Waals surface area contributed by atoms with Gasteiger partial charge in [-0.15, -0.1) is 0 Å². The lowest BCUT2D eigenvalue weighted by Gasteiger charge is -2.08. The van der Waals surface area contributed by atoms with E-state index >= 15 is 4.39 Å². The number of unbranched alkanes of at least 4 members (excludes halogenated alkanes) is 7. The predicted octanol–water partition coefficient (Wildman–Crippen LogP) is 10.7. The van der Waals surface area contributed by atoms with E-state index < -0.39 is 0 Å². The summed E-state index contributed by atoms with van der Waals surface area (Å²) in [4.78, 5) is 0. The highest BCUT2D eigenvalue weighted by Gasteiger charge is 2.08. The molecule has 0 heterocycles. The van der Waals surface area contributed by atoms with Crippen LogP contribution >= 0.6 is 0 Å². The molecule has 0 atom stereocenters. The van der Waals surface area contributed by atoms with Crippen LogP contribution in [0.4, 0.5) is 4.39 Å². The number of rotatable bonds is 12. The minimum atomic E-state index is -0.243. The van der Waals surface area contributed by atoms with Crippen LogP contribution in [-0.4, -0.2) is 0 Å². The molecule has 0 spiro atoms. The third kappa shape index (κ3) is 7.82. The Hall–Kier alpha value is -3.37. The molecular weight excluding hydrogens is 463 g/mol. The molecule has 0 aliphatic carbocycles. The topological polar surface area (TPSA) is 0 Å². The fourth-order valence-corrected chi connectivity index (χ4v) is 5.01. The zero-order valence-electron chi connectivity index (χ0n) is 23.2. The van der Waals surface area contributed by atoms with Crippen molar-refractivity contribution in [1.29, 1.82) is 0 Å². The van der Waals surface area contributed by atoms with Crippen LogP contribution in [0.2, 0.25) is 0 Å². The normalized spacial score (nSPS) is 10.9. The molecule has 196 valence electrons. The Morgan fingerprint density at radius 1 is 0.553 bits per heavy atom. The second kappa shape index (κ2) is 14.5. The first kappa shape index (κ1) is 27.7. The van der Waals surface area contributed by atoms with Gasteiger partial charge in [0.2, 0.25) is 0 Å². The summed E-state index contributed by atoms with van der Waals surface area (Å²) in [5.41, 5.74) is 6.37. The molecular formula is C37H41F. The van der Waals surface area contributed by atoms with Gasteiger partial charge in [0.1, 0.15) is 5.82 Å². The van der Waals surface area contributed by atoms with Crippen molar-refractivity contribution in [2.45, 2.75) is 84.5 Å². The van der Waals surface area contributed by atoms with Crippen LogP contribution in [0.1, 0.15) is 93.9 Å². The van der Waals surface area contributed by atoms with Crippen LogP contribution in [0.15, 0.2) is 78.9 Å². The van der Waals surface area contributed by atoms with Crippen molar-refractivity contribution >= 4 is 10.8 Å². The number of benzene rings is 4. The van der Waals surface area contributed by atoms with Crippen LogP contribution in [0.25, 0.3) is 21.9 Å². The molecule has 4 aromatic rings. The average Bonchev–Trinajstić information content (AvgIpc) is 2.96. The number of hydrogen-bond donors (Lipinski definition) is 0. The molecule has 0 saturated heterocycles. The van der Waals surface area contributed by atoms with Crippen LogP contribution in [-0.2, 0) is 12.8 Å². The smallest absolute Gasteiger partial charge is 0.146 e. The van der Waals surface area contributed by atoms with E-state index in [0.717, 1.165) is 34.9 Å². The van der Waals surface area contributed by atoms with Crippen molar-refractivity contribution < 1.29 is 4.39 Å².